The molecule has 5 heteroatoms. The number of methoxy groups -OCH3 is 1. The Hall–Kier alpha value is -2.30. The van der Waals surface area contributed by atoms with Crippen LogP contribution in [0.5, 0.6) is 5.75 Å². The molecular weight excluding hydrogens is 340 g/mol. The molecule has 146 valence electrons. The van der Waals surface area contributed by atoms with E-state index in [4.69, 9.17) is 4.74 Å². The third-order valence-corrected chi connectivity index (χ3v) is 5.97. The third kappa shape index (κ3) is 3.47. The molecule has 0 spiro atoms. The molecule has 2 aliphatic rings. The van der Waals surface area contributed by atoms with Gasteiger partial charge in [0, 0.05) is 24.5 Å². The van der Waals surface area contributed by atoms with Crippen molar-refractivity contribution in [2.75, 3.05) is 25.1 Å². The number of anilines is 1. The van der Waals surface area contributed by atoms with Gasteiger partial charge in [0.25, 0.3) is 0 Å². The van der Waals surface area contributed by atoms with E-state index in [0.717, 1.165) is 17.9 Å². The number of ether oxygens (including phenoxy) is 1. The van der Waals surface area contributed by atoms with E-state index in [1.807, 2.05) is 17.0 Å². The highest BCUT2D eigenvalue weighted by atomic mass is 16.5. The molecule has 2 amide bonds. The van der Waals surface area contributed by atoms with Crippen molar-refractivity contribution in [2.24, 2.45) is 5.92 Å². The van der Waals surface area contributed by atoms with Crippen molar-refractivity contribution in [3.8, 4) is 5.75 Å². The summed E-state index contributed by atoms with van der Waals surface area (Å²) in [4.78, 5) is 29.2. The van der Waals surface area contributed by atoms with Crippen LogP contribution in [0, 0.1) is 5.92 Å². The fraction of sp³-hybridized carbons (Fsp3) is 0.545. The number of fused-ring (bicyclic) bond motifs is 1. The van der Waals surface area contributed by atoms with E-state index in [-0.39, 0.29) is 23.3 Å². The third-order valence-electron chi connectivity index (χ3n) is 5.97. The molecule has 0 bridgehead atoms. The Balaban J connectivity index is 1.91. The van der Waals surface area contributed by atoms with Gasteiger partial charge in [-0.05, 0) is 56.7 Å². The van der Waals surface area contributed by atoms with E-state index in [1.165, 1.54) is 11.6 Å². The van der Waals surface area contributed by atoms with Crippen LogP contribution in [-0.4, -0.2) is 42.5 Å². The summed E-state index contributed by atoms with van der Waals surface area (Å²) in [6.45, 7) is 11.2. The van der Waals surface area contributed by atoms with Gasteiger partial charge in [-0.25, -0.2) is 0 Å². The first-order valence-corrected chi connectivity index (χ1v) is 9.72. The number of rotatable bonds is 3. The molecule has 0 saturated carbocycles. The van der Waals surface area contributed by atoms with E-state index in [0.29, 0.717) is 31.8 Å². The van der Waals surface area contributed by atoms with E-state index in [1.54, 1.807) is 12.0 Å². The van der Waals surface area contributed by atoms with Crippen molar-refractivity contribution in [3.63, 3.8) is 0 Å². The lowest BCUT2D eigenvalue weighted by Gasteiger charge is -2.48. The molecule has 0 N–H and O–H groups in total. The lowest BCUT2D eigenvalue weighted by atomic mass is 9.78. The minimum atomic E-state index is -0.286. The van der Waals surface area contributed by atoms with Gasteiger partial charge < -0.3 is 14.5 Å². The molecule has 2 aliphatic heterocycles. The van der Waals surface area contributed by atoms with Gasteiger partial charge in [0.15, 0.2) is 0 Å². The summed E-state index contributed by atoms with van der Waals surface area (Å²) in [5.74, 6) is 1.12. The van der Waals surface area contributed by atoms with E-state index in [2.05, 4.69) is 33.4 Å². The van der Waals surface area contributed by atoms with Crippen LogP contribution in [0.3, 0.4) is 0 Å². The fourth-order valence-electron chi connectivity index (χ4n) is 4.66. The minimum absolute atomic E-state index is 0.0555. The maximum Gasteiger partial charge on any atom is 0.245 e. The van der Waals surface area contributed by atoms with E-state index in [9.17, 15) is 9.59 Å². The van der Waals surface area contributed by atoms with Gasteiger partial charge in [0.1, 0.15) is 5.75 Å². The van der Waals surface area contributed by atoms with Crippen LogP contribution in [0.2, 0.25) is 0 Å². The molecule has 1 aromatic carbocycles. The standard InChI is InChI=1S/C22H30N2O3/c1-6-19(25)23-12-10-16(11-13-23)21(26)24-20-17(8-7-9-18(20)27-5)15(2)14-22(24,3)4/h6-9,15-16H,1,10-14H2,2-5H3. The van der Waals surface area contributed by atoms with Crippen LogP contribution in [0.15, 0.2) is 30.9 Å². The van der Waals surface area contributed by atoms with Gasteiger partial charge >= 0.3 is 0 Å². The number of likely N-dealkylation sites (tertiary alicyclic amines) is 1. The lowest BCUT2D eigenvalue weighted by Crippen LogP contribution is -2.55. The highest BCUT2D eigenvalue weighted by Gasteiger charge is 2.44. The summed E-state index contributed by atoms with van der Waals surface area (Å²) in [5, 5.41) is 0. The van der Waals surface area contributed by atoms with Crippen molar-refractivity contribution in [1.82, 2.24) is 4.90 Å². The van der Waals surface area contributed by atoms with Crippen molar-refractivity contribution in [2.45, 2.75) is 51.5 Å². The van der Waals surface area contributed by atoms with Crippen molar-refractivity contribution in [1.29, 1.82) is 0 Å². The first kappa shape index (κ1) is 19.5. The molecule has 1 aromatic rings. The van der Waals surface area contributed by atoms with Crippen molar-refractivity contribution in [3.05, 3.63) is 36.4 Å². The van der Waals surface area contributed by atoms with Crippen LogP contribution in [0.4, 0.5) is 5.69 Å². The quantitative estimate of drug-likeness (QED) is 0.762. The number of piperidine rings is 1. The zero-order valence-electron chi connectivity index (χ0n) is 16.8. The number of nitrogens with zero attached hydrogens (tertiary/aromatic N) is 2. The van der Waals surface area contributed by atoms with Crippen LogP contribution in [0.25, 0.3) is 0 Å². The summed E-state index contributed by atoms with van der Waals surface area (Å²) >= 11 is 0. The molecule has 1 atom stereocenters. The van der Waals surface area contributed by atoms with Crippen molar-refractivity contribution >= 4 is 17.5 Å². The van der Waals surface area contributed by atoms with Gasteiger partial charge in [-0.15, -0.1) is 0 Å². The lowest BCUT2D eigenvalue weighted by molar-refractivity contribution is -0.131. The number of carbonyl (C=O) groups excluding carboxylic acids is 2. The van der Waals surface area contributed by atoms with Gasteiger partial charge in [0.2, 0.25) is 11.8 Å². The Morgan fingerprint density at radius 3 is 2.52 bits per heavy atom. The smallest absolute Gasteiger partial charge is 0.245 e. The maximum absolute atomic E-state index is 13.6. The average molecular weight is 370 g/mol. The molecule has 0 radical (unpaired) electrons. The molecule has 1 fully saturated rings. The SMILES string of the molecule is C=CC(=O)N1CCC(C(=O)N2c3c(OC)cccc3C(C)CC2(C)C)CC1. The second-order valence-electron chi connectivity index (χ2n) is 8.29. The number of hydrogen-bond donors (Lipinski definition) is 0. The molecule has 3 rings (SSSR count). The number of carbonyl (C=O) groups is 2. The number of benzene rings is 1. The molecule has 2 heterocycles. The van der Waals surface area contributed by atoms with Gasteiger partial charge in [-0.1, -0.05) is 25.6 Å². The molecule has 1 saturated heterocycles. The summed E-state index contributed by atoms with van der Waals surface area (Å²) in [6.07, 6.45) is 3.63. The molecule has 27 heavy (non-hydrogen) atoms. The Morgan fingerprint density at radius 1 is 1.26 bits per heavy atom. The van der Waals surface area contributed by atoms with Crippen LogP contribution in [-0.2, 0) is 9.59 Å². The van der Waals surface area contributed by atoms with Crippen LogP contribution in [0.1, 0.15) is 51.5 Å². The maximum atomic E-state index is 13.6. The predicted molar refractivity (Wildman–Crippen MR) is 107 cm³/mol. The second kappa shape index (κ2) is 7.37. The monoisotopic (exact) mass is 370 g/mol. The molecule has 0 aromatic heterocycles. The Morgan fingerprint density at radius 2 is 1.93 bits per heavy atom. The summed E-state index contributed by atoms with van der Waals surface area (Å²) in [5.41, 5.74) is 1.80. The summed E-state index contributed by atoms with van der Waals surface area (Å²) in [7, 11) is 1.66. The molecule has 1 unspecified atom stereocenters. The second-order valence-corrected chi connectivity index (χ2v) is 8.29. The Labute approximate surface area is 162 Å². The van der Waals surface area contributed by atoms with Gasteiger partial charge in [-0.3, -0.25) is 9.59 Å². The fourth-order valence-corrected chi connectivity index (χ4v) is 4.66. The molecular formula is C22H30N2O3. The van der Waals surface area contributed by atoms with Crippen molar-refractivity contribution < 1.29 is 14.3 Å². The number of amides is 2. The van der Waals surface area contributed by atoms with Gasteiger partial charge in [0.05, 0.1) is 12.8 Å². The zero-order valence-corrected chi connectivity index (χ0v) is 16.8. The Kier molecular flexibility index (Phi) is 5.31. The highest BCUT2D eigenvalue weighted by molar-refractivity contribution is 5.99. The van der Waals surface area contributed by atoms with Gasteiger partial charge in [-0.2, -0.15) is 0 Å². The molecule has 5 nitrogen and oxygen atoms in total. The first-order valence-electron chi connectivity index (χ1n) is 9.72. The first-order chi connectivity index (χ1) is 12.8. The molecule has 0 aliphatic carbocycles. The van der Waals surface area contributed by atoms with Crippen LogP contribution >= 0.6 is 0 Å². The normalized spacial score (nSPS) is 22.1. The summed E-state index contributed by atoms with van der Waals surface area (Å²) in [6, 6.07) is 6.02. The average Bonchev–Trinajstić information content (AvgIpc) is 2.66. The van der Waals surface area contributed by atoms with Crippen LogP contribution < -0.4 is 9.64 Å². The topological polar surface area (TPSA) is 49.9 Å². The zero-order chi connectivity index (χ0) is 19.8. The number of para-hydroxylation sites is 1. The minimum Gasteiger partial charge on any atom is -0.495 e. The number of hydrogen-bond acceptors (Lipinski definition) is 3. The predicted octanol–water partition coefficient (Wildman–Crippen LogP) is 3.74. The highest BCUT2D eigenvalue weighted by Crippen LogP contribution is 2.48. The largest absolute Gasteiger partial charge is 0.495 e. The summed E-state index contributed by atoms with van der Waals surface area (Å²) < 4.78 is 5.63. The van der Waals surface area contributed by atoms with E-state index < -0.39 is 0 Å². The van der Waals surface area contributed by atoms with E-state index >= 15 is 0 Å². The Bertz CT molecular complexity index is 748.